The summed E-state index contributed by atoms with van der Waals surface area (Å²) in [5.41, 5.74) is 9.24. The summed E-state index contributed by atoms with van der Waals surface area (Å²) in [6.07, 6.45) is 4.30. The molecular weight excluding hydrogens is 761 g/mol. The van der Waals surface area contributed by atoms with E-state index >= 15 is 0 Å². The smallest absolute Gasteiger partial charge is 0.246 e. The van der Waals surface area contributed by atoms with Crippen LogP contribution in [0.15, 0.2) is 91.3 Å². The number of nitrogens with zero attached hydrogens (tertiary/aromatic N) is 4. The topological polar surface area (TPSA) is 227 Å². The highest BCUT2D eigenvalue weighted by atomic mass is 18.2. The fourth-order valence-corrected chi connectivity index (χ4v) is 7.12. The number of primary amides is 1. The van der Waals surface area contributed by atoms with Crippen molar-refractivity contribution in [2.75, 3.05) is 19.8 Å². The summed E-state index contributed by atoms with van der Waals surface area (Å²) in [5.74, 6) is -2.86. The number of aromatic nitrogens is 4. The van der Waals surface area contributed by atoms with Crippen molar-refractivity contribution in [1.82, 2.24) is 40.8 Å². The number of amides is 5. The Morgan fingerprint density at radius 2 is 1.63 bits per heavy atom. The van der Waals surface area contributed by atoms with Crippen LogP contribution in [0.5, 0.6) is 5.75 Å². The van der Waals surface area contributed by atoms with Crippen LogP contribution in [0.1, 0.15) is 41.6 Å². The molecule has 7 N–H and O–H groups in total. The van der Waals surface area contributed by atoms with Crippen molar-refractivity contribution in [1.29, 1.82) is 0 Å². The lowest BCUT2D eigenvalue weighted by Gasteiger charge is -2.30. The normalized spacial score (nSPS) is 15.3. The zero-order valence-corrected chi connectivity index (χ0v) is 32.4. The number of para-hydroxylation sites is 1. The standard InChI is InChI=1S/C42H48FN9O7/c43-17-19-51-25-30(49-50-51)26-59-20-16-38(54)46-36(22-28-12-14-31(53)15-13-28)42(58)52-18-6-11-37(52)41(57)48-35(23-29-24-45-33-10-5-4-9-32(29)33)40(56)47-34(39(44)55)21-27-7-2-1-3-8-27/h1-5,7-10,12-15,24-25,34-37,45,53H,6,11,16-23,26H2,(H2,44,55)(H,46,54)(H,47,56)(H,48,57)/t34-,35-,36-,37-/m0/s1/i43-1. The highest BCUT2D eigenvalue weighted by Crippen LogP contribution is 2.23. The molecule has 1 saturated heterocycles. The summed E-state index contributed by atoms with van der Waals surface area (Å²) in [6, 6.07) is 18.6. The Morgan fingerprint density at radius 3 is 2.39 bits per heavy atom. The molecule has 310 valence electrons. The molecule has 1 aliphatic heterocycles. The van der Waals surface area contributed by atoms with Gasteiger partial charge in [-0.3, -0.25) is 24.0 Å². The lowest BCUT2D eigenvalue weighted by molar-refractivity contribution is -0.142. The Balaban J connectivity index is 1.16. The maximum absolute atomic E-state index is 14.3. The first-order chi connectivity index (χ1) is 28.6. The second kappa shape index (κ2) is 20.2. The molecule has 59 heavy (non-hydrogen) atoms. The fraction of sp³-hybridized carbons (Fsp3) is 0.357. The predicted molar refractivity (Wildman–Crippen MR) is 214 cm³/mol. The van der Waals surface area contributed by atoms with Gasteiger partial charge in [0.1, 0.15) is 42.3 Å². The number of aryl methyl sites for hydroxylation is 1. The van der Waals surface area contributed by atoms with Crippen molar-refractivity contribution in [3.8, 4) is 5.75 Å². The molecule has 1 aliphatic rings. The highest BCUT2D eigenvalue weighted by molar-refractivity contribution is 5.96. The minimum absolute atomic E-state index is 0.00148. The van der Waals surface area contributed by atoms with Gasteiger partial charge in [0, 0.05) is 49.3 Å². The van der Waals surface area contributed by atoms with E-state index in [2.05, 4.69) is 31.2 Å². The number of alkyl halides is 1. The summed E-state index contributed by atoms with van der Waals surface area (Å²) >= 11 is 0. The van der Waals surface area contributed by atoms with Crippen molar-refractivity contribution in [3.63, 3.8) is 0 Å². The van der Waals surface area contributed by atoms with Gasteiger partial charge >= 0.3 is 0 Å². The number of aromatic amines is 1. The van der Waals surface area contributed by atoms with E-state index in [4.69, 9.17) is 10.5 Å². The van der Waals surface area contributed by atoms with Gasteiger partial charge in [0.15, 0.2) is 0 Å². The number of rotatable bonds is 20. The van der Waals surface area contributed by atoms with Gasteiger partial charge in [0.2, 0.25) is 29.5 Å². The molecule has 1 fully saturated rings. The number of ether oxygens (including phenoxy) is 1. The van der Waals surface area contributed by atoms with Crippen LogP contribution in [0.4, 0.5) is 4.39 Å². The Bertz CT molecular complexity index is 2210. The SMILES string of the molecule is NC(=O)[C@H](Cc1ccccc1)NC(=O)[C@H](Cc1c[nH]c2ccccc12)NC(=O)[C@@H]1CCCN1C(=O)[C@H](Cc1ccc(O)cc1)NC(=O)CCOCc1cn(CC[18F])nn1. The quantitative estimate of drug-likeness (QED) is 0.0632. The van der Waals surface area contributed by atoms with Gasteiger partial charge < -0.3 is 41.4 Å². The van der Waals surface area contributed by atoms with Crippen LogP contribution in [0.2, 0.25) is 0 Å². The maximum atomic E-state index is 14.3. The van der Waals surface area contributed by atoms with E-state index in [0.717, 1.165) is 22.0 Å². The molecular formula is C42H48FN9O7. The van der Waals surface area contributed by atoms with Crippen molar-refractivity contribution in [2.24, 2.45) is 5.73 Å². The zero-order chi connectivity index (χ0) is 41.7. The average Bonchev–Trinajstić information content (AvgIpc) is 4.01. The van der Waals surface area contributed by atoms with E-state index in [1.165, 1.54) is 21.7 Å². The van der Waals surface area contributed by atoms with Gasteiger partial charge in [-0.25, -0.2) is 9.07 Å². The summed E-state index contributed by atoms with van der Waals surface area (Å²) in [5, 5.41) is 26.8. The number of halogens is 1. The zero-order valence-electron chi connectivity index (χ0n) is 32.4. The van der Waals surface area contributed by atoms with Crippen molar-refractivity contribution in [2.45, 2.75) is 75.8 Å². The van der Waals surface area contributed by atoms with Gasteiger partial charge in [-0.2, -0.15) is 0 Å². The van der Waals surface area contributed by atoms with E-state index in [1.807, 2.05) is 54.6 Å². The number of benzene rings is 3. The van der Waals surface area contributed by atoms with E-state index in [1.54, 1.807) is 24.5 Å². The minimum Gasteiger partial charge on any atom is -0.508 e. The number of carbonyl (C=O) groups is 5. The number of phenols is 1. The van der Waals surface area contributed by atoms with Gasteiger partial charge in [-0.05, 0) is 47.7 Å². The fourth-order valence-electron chi connectivity index (χ4n) is 7.12. The number of nitrogens with one attached hydrogen (secondary N) is 4. The van der Waals surface area contributed by atoms with Gasteiger partial charge in [0.05, 0.1) is 26.0 Å². The van der Waals surface area contributed by atoms with Gasteiger partial charge in [-0.15, -0.1) is 5.10 Å². The molecule has 0 unspecified atom stereocenters. The summed E-state index contributed by atoms with van der Waals surface area (Å²) in [7, 11) is 0. The molecule has 0 saturated carbocycles. The van der Waals surface area contributed by atoms with Crippen LogP contribution >= 0.6 is 0 Å². The number of hydrogen-bond donors (Lipinski definition) is 6. The van der Waals surface area contributed by atoms with Crippen LogP contribution in [-0.2, 0) is 61.1 Å². The third-order valence-electron chi connectivity index (χ3n) is 10.1. The number of likely N-dealkylation sites (tertiary alicyclic amines) is 1. The summed E-state index contributed by atoms with van der Waals surface area (Å²) < 4.78 is 19.5. The molecule has 0 bridgehead atoms. The van der Waals surface area contributed by atoms with E-state index in [9.17, 15) is 33.5 Å². The largest absolute Gasteiger partial charge is 0.508 e. The number of phenolic OH excluding ortho intramolecular Hbond substituents is 1. The second-order valence-electron chi connectivity index (χ2n) is 14.4. The van der Waals surface area contributed by atoms with Crippen LogP contribution < -0.4 is 21.7 Å². The number of fused-ring (bicyclic) bond motifs is 1. The Labute approximate surface area is 339 Å². The lowest BCUT2D eigenvalue weighted by Crippen LogP contribution is -2.58. The van der Waals surface area contributed by atoms with E-state index in [0.29, 0.717) is 24.1 Å². The highest BCUT2D eigenvalue weighted by Gasteiger charge is 2.39. The molecule has 0 aliphatic carbocycles. The number of H-pyrrole nitrogens is 1. The molecule has 0 spiro atoms. The second-order valence-corrected chi connectivity index (χ2v) is 14.4. The van der Waals surface area contributed by atoms with Crippen LogP contribution in [0.3, 0.4) is 0 Å². The molecule has 6 rings (SSSR count). The summed E-state index contributed by atoms with van der Waals surface area (Å²) in [4.78, 5) is 72.9. The first-order valence-electron chi connectivity index (χ1n) is 19.5. The number of nitrogens with two attached hydrogens (primary N) is 1. The minimum atomic E-state index is -1.15. The maximum Gasteiger partial charge on any atom is 0.246 e. The Kier molecular flexibility index (Phi) is 14.4. The van der Waals surface area contributed by atoms with Crippen molar-refractivity contribution < 1.29 is 38.2 Å². The first-order valence-corrected chi connectivity index (χ1v) is 19.5. The molecule has 5 aromatic rings. The Hall–Kier alpha value is -6.62. The number of carbonyl (C=O) groups excluding carboxylic acids is 5. The first kappa shape index (κ1) is 42.0. The monoisotopic (exact) mass is 808 g/mol. The van der Waals surface area contributed by atoms with E-state index in [-0.39, 0.29) is 57.7 Å². The van der Waals surface area contributed by atoms with E-state index < -0.39 is 60.4 Å². The summed E-state index contributed by atoms with van der Waals surface area (Å²) in [6.45, 7) is -0.243. The molecule has 5 amide bonds. The molecule has 16 nitrogen and oxygen atoms in total. The van der Waals surface area contributed by atoms with Gasteiger partial charge in [-0.1, -0.05) is 65.9 Å². The van der Waals surface area contributed by atoms with Crippen LogP contribution in [0.25, 0.3) is 10.9 Å². The molecule has 3 aromatic carbocycles. The van der Waals surface area contributed by atoms with Gasteiger partial charge in [0.25, 0.3) is 0 Å². The Morgan fingerprint density at radius 1 is 0.898 bits per heavy atom. The molecule has 3 heterocycles. The molecule has 17 heteroatoms. The number of aromatic hydroxyl groups is 1. The van der Waals surface area contributed by atoms with Crippen LogP contribution in [0, 0.1) is 0 Å². The molecule has 0 radical (unpaired) electrons. The predicted octanol–water partition coefficient (Wildman–Crippen LogP) is 2.00. The molecule has 4 atom stereocenters. The number of hydrogen-bond acceptors (Lipinski definition) is 9. The third-order valence-corrected chi connectivity index (χ3v) is 10.1. The molecule has 2 aromatic heterocycles. The van der Waals surface area contributed by atoms with Crippen LogP contribution in [-0.4, -0.2) is 104 Å². The average molecular weight is 809 g/mol. The lowest BCUT2D eigenvalue weighted by atomic mass is 10.0. The van der Waals surface area contributed by atoms with Crippen molar-refractivity contribution >= 4 is 40.4 Å². The van der Waals surface area contributed by atoms with Crippen molar-refractivity contribution in [3.05, 3.63) is 114 Å². The third kappa shape index (κ3) is 11.5.